The summed E-state index contributed by atoms with van der Waals surface area (Å²) in [6.07, 6.45) is 2.82. The molecule has 11 heteroatoms. The molecular formula is C14H16N8O2S. The van der Waals surface area contributed by atoms with Crippen molar-refractivity contribution < 1.29 is 4.79 Å². The molecule has 1 amide bonds. The lowest BCUT2D eigenvalue weighted by molar-refractivity contribution is -0.116. The molecule has 1 atom stereocenters. The van der Waals surface area contributed by atoms with Crippen molar-refractivity contribution in [2.75, 3.05) is 11.1 Å². The summed E-state index contributed by atoms with van der Waals surface area (Å²) < 4.78 is 0. The minimum Gasteiger partial charge on any atom is -0.368 e. The van der Waals surface area contributed by atoms with Crippen LogP contribution in [0.1, 0.15) is 13.8 Å². The topological polar surface area (TPSA) is 155 Å². The number of nitrogens with two attached hydrogens (primary N) is 1. The first-order valence-corrected chi connectivity index (χ1v) is 8.31. The van der Waals surface area contributed by atoms with Crippen molar-refractivity contribution in [1.82, 2.24) is 29.9 Å². The zero-order valence-corrected chi connectivity index (χ0v) is 14.3. The van der Waals surface area contributed by atoms with Crippen LogP contribution in [0.5, 0.6) is 0 Å². The standard InChI is InChI=1S/C14H16N8O2S/c1-6(2)9(11(24)21-14-16-4-3-7(23)19-14)25-12-8-10(18-5-17-8)20-13(15)22-12/h3-6,9H,1-2H3,(H3,15,17,18,20,22)(H2,16,19,21,23,24)/t9-/m0/s1. The van der Waals surface area contributed by atoms with E-state index in [1.807, 2.05) is 13.8 Å². The van der Waals surface area contributed by atoms with Crippen molar-refractivity contribution in [1.29, 1.82) is 0 Å². The Morgan fingerprint density at radius 2 is 2.12 bits per heavy atom. The van der Waals surface area contributed by atoms with Crippen LogP contribution in [0.2, 0.25) is 0 Å². The molecule has 0 spiro atoms. The van der Waals surface area contributed by atoms with Gasteiger partial charge in [0, 0.05) is 12.3 Å². The largest absolute Gasteiger partial charge is 0.368 e. The van der Waals surface area contributed by atoms with Gasteiger partial charge in [0.25, 0.3) is 5.56 Å². The minimum absolute atomic E-state index is 0.0189. The highest BCUT2D eigenvalue weighted by Gasteiger charge is 2.26. The number of rotatable bonds is 5. The molecular weight excluding hydrogens is 344 g/mol. The van der Waals surface area contributed by atoms with Crippen LogP contribution in [0.4, 0.5) is 11.9 Å². The minimum atomic E-state index is -0.494. The Bertz CT molecular complexity index is 967. The van der Waals surface area contributed by atoms with Gasteiger partial charge in [0.05, 0.1) is 11.6 Å². The van der Waals surface area contributed by atoms with Gasteiger partial charge in [-0.25, -0.2) is 15.0 Å². The first-order chi connectivity index (χ1) is 11.9. The maximum atomic E-state index is 12.6. The number of aromatic nitrogens is 6. The first-order valence-electron chi connectivity index (χ1n) is 7.43. The van der Waals surface area contributed by atoms with Crippen molar-refractivity contribution in [3.05, 3.63) is 28.9 Å². The summed E-state index contributed by atoms with van der Waals surface area (Å²) in [4.78, 5) is 45.6. The lowest BCUT2D eigenvalue weighted by Gasteiger charge is -2.19. The number of nitrogens with one attached hydrogen (secondary N) is 3. The van der Waals surface area contributed by atoms with E-state index in [4.69, 9.17) is 5.73 Å². The third kappa shape index (κ3) is 3.76. The average molecular weight is 360 g/mol. The second-order valence-electron chi connectivity index (χ2n) is 5.54. The van der Waals surface area contributed by atoms with E-state index in [2.05, 4.69) is 35.2 Å². The second-order valence-corrected chi connectivity index (χ2v) is 6.67. The predicted molar refractivity (Wildman–Crippen MR) is 94.1 cm³/mol. The number of carbonyl (C=O) groups excluding carboxylic acids is 1. The molecule has 3 aromatic heterocycles. The average Bonchev–Trinajstić information content (AvgIpc) is 3.00. The molecule has 0 saturated heterocycles. The number of H-pyrrole nitrogens is 2. The molecule has 3 aromatic rings. The molecule has 10 nitrogen and oxygen atoms in total. The lowest BCUT2D eigenvalue weighted by Crippen LogP contribution is -2.31. The van der Waals surface area contributed by atoms with E-state index in [9.17, 15) is 9.59 Å². The van der Waals surface area contributed by atoms with Crippen LogP contribution in [0.15, 0.2) is 28.4 Å². The Labute approximate surface area is 146 Å². The number of aromatic amines is 2. The summed E-state index contributed by atoms with van der Waals surface area (Å²) in [5.74, 6) is -0.148. The van der Waals surface area contributed by atoms with Gasteiger partial charge >= 0.3 is 0 Å². The fourth-order valence-electron chi connectivity index (χ4n) is 2.14. The van der Waals surface area contributed by atoms with Gasteiger partial charge in [0.15, 0.2) is 5.65 Å². The van der Waals surface area contributed by atoms with E-state index in [1.165, 1.54) is 30.4 Å². The van der Waals surface area contributed by atoms with Crippen LogP contribution in [0, 0.1) is 5.92 Å². The molecule has 0 fully saturated rings. The van der Waals surface area contributed by atoms with Crippen molar-refractivity contribution >= 4 is 40.7 Å². The number of hydrogen-bond donors (Lipinski definition) is 4. The molecule has 0 aliphatic carbocycles. The van der Waals surface area contributed by atoms with Crippen molar-refractivity contribution in [2.45, 2.75) is 24.1 Å². The van der Waals surface area contributed by atoms with Gasteiger partial charge in [-0.05, 0) is 5.92 Å². The molecule has 0 bridgehead atoms. The van der Waals surface area contributed by atoms with Crippen LogP contribution in [0.3, 0.4) is 0 Å². The van der Waals surface area contributed by atoms with Gasteiger partial charge in [0.2, 0.25) is 17.8 Å². The fraction of sp³-hybridized carbons (Fsp3) is 0.286. The molecule has 5 N–H and O–H groups in total. The van der Waals surface area contributed by atoms with Gasteiger partial charge in [-0.15, -0.1) is 0 Å². The van der Waals surface area contributed by atoms with Crippen molar-refractivity contribution in [2.24, 2.45) is 5.92 Å². The maximum absolute atomic E-state index is 12.6. The van der Waals surface area contributed by atoms with E-state index >= 15 is 0 Å². The molecule has 130 valence electrons. The highest BCUT2D eigenvalue weighted by atomic mass is 32.2. The van der Waals surface area contributed by atoms with Crippen LogP contribution in [0.25, 0.3) is 11.2 Å². The normalized spacial score (nSPS) is 12.4. The summed E-state index contributed by atoms with van der Waals surface area (Å²) in [5, 5.41) is 2.65. The van der Waals surface area contributed by atoms with Crippen LogP contribution in [-0.2, 0) is 4.79 Å². The number of imidazole rings is 1. The zero-order chi connectivity index (χ0) is 18.0. The third-order valence-corrected chi connectivity index (χ3v) is 4.82. The van der Waals surface area contributed by atoms with Gasteiger partial charge in [-0.3, -0.25) is 19.9 Å². The summed E-state index contributed by atoms with van der Waals surface area (Å²) in [6.45, 7) is 3.82. The zero-order valence-electron chi connectivity index (χ0n) is 13.5. The predicted octanol–water partition coefficient (Wildman–Crippen LogP) is 0.774. The Balaban J connectivity index is 1.86. The summed E-state index contributed by atoms with van der Waals surface area (Å²) in [6, 6.07) is 1.27. The molecule has 0 aliphatic heterocycles. The summed E-state index contributed by atoms with van der Waals surface area (Å²) >= 11 is 1.24. The molecule has 0 unspecified atom stereocenters. The molecule has 0 radical (unpaired) electrons. The Kier molecular flexibility index (Phi) is 4.65. The molecule has 25 heavy (non-hydrogen) atoms. The van der Waals surface area contributed by atoms with Crippen molar-refractivity contribution in [3.63, 3.8) is 0 Å². The lowest BCUT2D eigenvalue weighted by atomic mass is 10.1. The first kappa shape index (κ1) is 16.9. The summed E-state index contributed by atoms with van der Waals surface area (Å²) in [5.41, 5.74) is 6.42. The van der Waals surface area contributed by atoms with Crippen LogP contribution < -0.4 is 16.6 Å². The SMILES string of the molecule is CC(C)[C@H](Sc1nc(N)nc2nc[nH]c12)C(=O)Nc1nccc(=O)[nH]1. The van der Waals surface area contributed by atoms with Gasteiger partial charge in [-0.2, -0.15) is 4.98 Å². The number of anilines is 2. The number of amides is 1. The number of hydrogen-bond acceptors (Lipinski definition) is 8. The Morgan fingerprint density at radius 3 is 2.84 bits per heavy atom. The molecule has 0 aromatic carbocycles. The quantitative estimate of drug-likeness (QED) is 0.384. The van der Waals surface area contributed by atoms with E-state index in [-0.39, 0.29) is 29.3 Å². The summed E-state index contributed by atoms with van der Waals surface area (Å²) in [7, 11) is 0. The van der Waals surface area contributed by atoms with Gasteiger partial charge in [-0.1, -0.05) is 25.6 Å². The molecule has 3 rings (SSSR count). The number of fused-ring (bicyclic) bond motifs is 1. The van der Waals surface area contributed by atoms with Crippen LogP contribution in [-0.4, -0.2) is 41.1 Å². The van der Waals surface area contributed by atoms with E-state index in [0.29, 0.717) is 16.2 Å². The Hall–Kier alpha value is -2.95. The van der Waals surface area contributed by atoms with Gasteiger partial charge < -0.3 is 10.7 Å². The molecule has 0 aliphatic rings. The highest BCUT2D eigenvalue weighted by Crippen LogP contribution is 2.31. The monoisotopic (exact) mass is 360 g/mol. The van der Waals surface area contributed by atoms with E-state index in [1.54, 1.807) is 0 Å². The van der Waals surface area contributed by atoms with Crippen LogP contribution >= 0.6 is 11.8 Å². The fourth-order valence-corrected chi connectivity index (χ4v) is 3.24. The van der Waals surface area contributed by atoms with E-state index in [0.717, 1.165) is 0 Å². The maximum Gasteiger partial charge on any atom is 0.252 e. The molecule has 0 saturated carbocycles. The second kappa shape index (κ2) is 6.89. The number of thioether (sulfide) groups is 1. The smallest absolute Gasteiger partial charge is 0.252 e. The Morgan fingerprint density at radius 1 is 1.32 bits per heavy atom. The molecule has 3 heterocycles. The highest BCUT2D eigenvalue weighted by molar-refractivity contribution is 8.00. The van der Waals surface area contributed by atoms with Gasteiger partial charge in [0.1, 0.15) is 10.5 Å². The number of carbonyl (C=O) groups is 1. The van der Waals surface area contributed by atoms with Crippen molar-refractivity contribution in [3.8, 4) is 0 Å². The number of nitrogen functional groups attached to an aromatic ring is 1. The number of nitrogens with zero attached hydrogens (tertiary/aromatic N) is 4. The van der Waals surface area contributed by atoms with E-state index < -0.39 is 5.25 Å². The third-order valence-electron chi connectivity index (χ3n) is 3.28.